The standard InChI is InChI=1S/C16H14BrN3O2/c17-14-8-6-11(10-18-14)19-16(22)13-7-9-15(21)20(13)12-4-2-1-3-5-12/h1-6,8,10,13H,7,9H2,(H,19,22). The topological polar surface area (TPSA) is 62.3 Å². The minimum absolute atomic E-state index is 0.0275. The van der Waals surface area contributed by atoms with Crippen LogP contribution in [0.4, 0.5) is 11.4 Å². The largest absolute Gasteiger partial charge is 0.323 e. The van der Waals surface area contributed by atoms with Crippen molar-refractivity contribution in [3.63, 3.8) is 0 Å². The number of nitrogens with one attached hydrogen (secondary N) is 1. The maximum Gasteiger partial charge on any atom is 0.247 e. The Morgan fingerprint density at radius 2 is 2.00 bits per heavy atom. The van der Waals surface area contributed by atoms with Crippen LogP contribution in [0.25, 0.3) is 0 Å². The van der Waals surface area contributed by atoms with Gasteiger partial charge in [0.15, 0.2) is 0 Å². The van der Waals surface area contributed by atoms with E-state index < -0.39 is 6.04 Å². The quantitative estimate of drug-likeness (QED) is 0.856. The lowest BCUT2D eigenvalue weighted by Gasteiger charge is -2.24. The van der Waals surface area contributed by atoms with Crippen LogP contribution < -0.4 is 10.2 Å². The summed E-state index contributed by atoms with van der Waals surface area (Å²) in [5, 5.41) is 2.82. The fraction of sp³-hybridized carbons (Fsp3) is 0.188. The zero-order chi connectivity index (χ0) is 15.5. The molecule has 1 aliphatic rings. The fourth-order valence-electron chi connectivity index (χ4n) is 2.52. The molecule has 2 amide bonds. The molecule has 0 aliphatic carbocycles. The number of rotatable bonds is 3. The highest BCUT2D eigenvalue weighted by Crippen LogP contribution is 2.27. The molecule has 0 spiro atoms. The van der Waals surface area contributed by atoms with Crippen LogP contribution in [0.3, 0.4) is 0 Å². The zero-order valence-corrected chi connectivity index (χ0v) is 13.3. The van der Waals surface area contributed by atoms with Crippen LogP contribution in [0, 0.1) is 0 Å². The summed E-state index contributed by atoms with van der Waals surface area (Å²) >= 11 is 3.25. The summed E-state index contributed by atoms with van der Waals surface area (Å²) in [5.41, 5.74) is 1.36. The molecule has 1 fully saturated rings. The molecule has 3 rings (SSSR count). The molecule has 1 aliphatic heterocycles. The first kappa shape index (κ1) is 14.7. The Morgan fingerprint density at radius 3 is 2.68 bits per heavy atom. The van der Waals surface area contributed by atoms with E-state index in [1.165, 1.54) is 0 Å². The summed E-state index contributed by atoms with van der Waals surface area (Å²) in [6.45, 7) is 0. The van der Waals surface area contributed by atoms with Crippen LogP contribution >= 0.6 is 15.9 Å². The molecule has 1 aromatic heterocycles. The van der Waals surface area contributed by atoms with Gasteiger partial charge < -0.3 is 5.32 Å². The number of halogens is 1. The zero-order valence-electron chi connectivity index (χ0n) is 11.7. The molecule has 0 saturated carbocycles. The van der Waals surface area contributed by atoms with Gasteiger partial charge in [0.1, 0.15) is 10.6 Å². The Hall–Kier alpha value is -2.21. The second-order valence-electron chi connectivity index (χ2n) is 5.01. The summed E-state index contributed by atoms with van der Waals surface area (Å²) in [7, 11) is 0. The third-order valence-corrected chi connectivity index (χ3v) is 4.01. The van der Waals surface area contributed by atoms with Crippen LogP contribution in [-0.2, 0) is 9.59 Å². The van der Waals surface area contributed by atoms with Crippen molar-refractivity contribution in [2.24, 2.45) is 0 Å². The molecular formula is C16H14BrN3O2. The molecule has 6 heteroatoms. The van der Waals surface area contributed by atoms with Gasteiger partial charge >= 0.3 is 0 Å². The highest BCUT2D eigenvalue weighted by molar-refractivity contribution is 9.10. The molecule has 22 heavy (non-hydrogen) atoms. The first-order valence-corrected chi connectivity index (χ1v) is 7.74. The van der Waals surface area contributed by atoms with E-state index in [1.54, 1.807) is 23.2 Å². The van der Waals surface area contributed by atoms with Crippen LogP contribution in [0.1, 0.15) is 12.8 Å². The molecule has 1 atom stereocenters. The van der Waals surface area contributed by atoms with Crippen molar-refractivity contribution >= 4 is 39.1 Å². The fourth-order valence-corrected chi connectivity index (χ4v) is 2.75. The highest BCUT2D eigenvalue weighted by Gasteiger charge is 2.36. The van der Waals surface area contributed by atoms with E-state index in [2.05, 4.69) is 26.2 Å². The number of hydrogen-bond acceptors (Lipinski definition) is 3. The molecule has 2 heterocycles. The molecule has 0 radical (unpaired) electrons. The third kappa shape index (κ3) is 3.01. The first-order valence-electron chi connectivity index (χ1n) is 6.94. The molecule has 1 saturated heterocycles. The SMILES string of the molecule is O=C(Nc1ccc(Br)nc1)C1CCC(=O)N1c1ccccc1. The van der Waals surface area contributed by atoms with Crippen molar-refractivity contribution in [2.75, 3.05) is 10.2 Å². The summed E-state index contributed by atoms with van der Waals surface area (Å²) in [4.78, 5) is 30.2. The maximum atomic E-state index is 12.5. The smallest absolute Gasteiger partial charge is 0.247 e. The number of carbonyl (C=O) groups excluding carboxylic acids is 2. The van der Waals surface area contributed by atoms with Gasteiger partial charge in [0, 0.05) is 12.1 Å². The van der Waals surface area contributed by atoms with Gasteiger partial charge in [-0.25, -0.2) is 4.98 Å². The van der Waals surface area contributed by atoms with E-state index in [9.17, 15) is 9.59 Å². The summed E-state index contributed by atoms with van der Waals surface area (Å²) in [6, 6.07) is 12.3. The highest BCUT2D eigenvalue weighted by atomic mass is 79.9. The second-order valence-corrected chi connectivity index (χ2v) is 5.83. The number of nitrogens with zero attached hydrogens (tertiary/aromatic N) is 2. The summed E-state index contributed by atoms with van der Waals surface area (Å²) in [5.74, 6) is -0.223. The normalized spacial score (nSPS) is 17.6. The number of hydrogen-bond donors (Lipinski definition) is 1. The van der Waals surface area contributed by atoms with E-state index in [1.807, 2.05) is 30.3 Å². The lowest BCUT2D eigenvalue weighted by Crippen LogP contribution is -2.41. The molecule has 0 bridgehead atoms. The molecule has 1 N–H and O–H groups in total. The predicted molar refractivity (Wildman–Crippen MR) is 87.5 cm³/mol. The van der Waals surface area contributed by atoms with Crippen molar-refractivity contribution in [2.45, 2.75) is 18.9 Å². The number of carbonyl (C=O) groups is 2. The Balaban J connectivity index is 1.79. The minimum Gasteiger partial charge on any atom is -0.323 e. The monoisotopic (exact) mass is 359 g/mol. The number of amides is 2. The van der Waals surface area contributed by atoms with Gasteiger partial charge in [0.25, 0.3) is 0 Å². The summed E-state index contributed by atoms with van der Waals surface area (Å²) in [6.07, 6.45) is 2.47. The van der Waals surface area contributed by atoms with E-state index >= 15 is 0 Å². The number of anilines is 2. The molecule has 1 aromatic carbocycles. The molecule has 5 nitrogen and oxygen atoms in total. The number of benzene rings is 1. The van der Waals surface area contributed by atoms with E-state index in [4.69, 9.17) is 0 Å². The van der Waals surface area contributed by atoms with Gasteiger partial charge in [0.05, 0.1) is 11.9 Å². The Labute approximate surface area is 136 Å². The van der Waals surface area contributed by atoms with Gasteiger partial charge in [0.2, 0.25) is 11.8 Å². The summed E-state index contributed by atoms with van der Waals surface area (Å²) < 4.78 is 0.701. The van der Waals surface area contributed by atoms with Crippen molar-refractivity contribution in [3.05, 3.63) is 53.3 Å². The predicted octanol–water partition coefficient (Wildman–Crippen LogP) is 2.98. The van der Waals surface area contributed by atoms with E-state index in [-0.39, 0.29) is 11.8 Å². The minimum atomic E-state index is -0.487. The van der Waals surface area contributed by atoms with E-state index in [0.29, 0.717) is 23.1 Å². The second kappa shape index (κ2) is 6.27. The Morgan fingerprint density at radius 1 is 1.23 bits per heavy atom. The van der Waals surface area contributed by atoms with Crippen LogP contribution in [-0.4, -0.2) is 22.8 Å². The molecule has 112 valence electrons. The van der Waals surface area contributed by atoms with Gasteiger partial charge in [-0.05, 0) is 46.6 Å². The lowest BCUT2D eigenvalue weighted by molar-refractivity contribution is -0.120. The van der Waals surface area contributed by atoms with Gasteiger partial charge in [-0.15, -0.1) is 0 Å². The number of aromatic nitrogens is 1. The van der Waals surface area contributed by atoms with Crippen LogP contribution in [0.15, 0.2) is 53.3 Å². The van der Waals surface area contributed by atoms with Gasteiger partial charge in [-0.2, -0.15) is 0 Å². The van der Waals surface area contributed by atoms with Crippen LogP contribution in [0.5, 0.6) is 0 Å². The maximum absolute atomic E-state index is 12.5. The van der Waals surface area contributed by atoms with E-state index in [0.717, 1.165) is 5.69 Å². The van der Waals surface area contributed by atoms with Crippen molar-refractivity contribution in [1.82, 2.24) is 4.98 Å². The molecule has 1 unspecified atom stereocenters. The van der Waals surface area contributed by atoms with Gasteiger partial charge in [-0.3, -0.25) is 14.5 Å². The Bertz CT molecular complexity index is 688. The molecular weight excluding hydrogens is 346 g/mol. The molecule has 2 aromatic rings. The Kier molecular flexibility index (Phi) is 4.20. The van der Waals surface area contributed by atoms with Crippen molar-refractivity contribution < 1.29 is 9.59 Å². The lowest BCUT2D eigenvalue weighted by atomic mass is 10.2. The first-order chi connectivity index (χ1) is 10.6. The average Bonchev–Trinajstić information content (AvgIpc) is 2.92. The number of para-hydroxylation sites is 1. The van der Waals surface area contributed by atoms with Crippen LogP contribution in [0.2, 0.25) is 0 Å². The van der Waals surface area contributed by atoms with Gasteiger partial charge in [-0.1, -0.05) is 18.2 Å². The number of pyridine rings is 1. The van der Waals surface area contributed by atoms with Crippen molar-refractivity contribution in [3.8, 4) is 0 Å². The van der Waals surface area contributed by atoms with Crippen molar-refractivity contribution in [1.29, 1.82) is 0 Å². The average molecular weight is 360 g/mol. The third-order valence-electron chi connectivity index (χ3n) is 3.54.